The number of likely N-dealkylation sites (N-methyl/N-ethyl adjacent to an activating group) is 2. The number of nitrogens with zero attached hydrogens (tertiary/aromatic N) is 4. The summed E-state index contributed by atoms with van der Waals surface area (Å²) in [5, 5.41) is 15.5. The number of benzene rings is 1. The number of carboxylic acid groups (broad SMARTS) is 1. The Bertz CT molecular complexity index is 2020. The molecule has 0 aromatic heterocycles. The number of carbonyl (C=O) groups is 8. The third-order valence-corrected chi connectivity index (χ3v) is 14.6. The third kappa shape index (κ3) is 14.2. The first-order valence-corrected chi connectivity index (χ1v) is 24.5. The minimum Gasteiger partial charge on any atom is -0.480 e. The van der Waals surface area contributed by atoms with E-state index in [2.05, 4.69) is 10.6 Å². The van der Waals surface area contributed by atoms with Crippen molar-refractivity contribution in [1.82, 2.24) is 30.2 Å². The molecule has 18 heteroatoms. The van der Waals surface area contributed by atoms with Crippen molar-refractivity contribution in [3.05, 3.63) is 47.8 Å². The van der Waals surface area contributed by atoms with Crippen LogP contribution in [-0.2, 0) is 54.3 Å². The molecule has 0 radical (unpaired) electrons. The van der Waals surface area contributed by atoms with Crippen molar-refractivity contribution < 1.29 is 57.3 Å². The van der Waals surface area contributed by atoms with E-state index in [1.54, 1.807) is 36.9 Å². The van der Waals surface area contributed by atoms with E-state index in [4.69, 9.17) is 9.47 Å². The van der Waals surface area contributed by atoms with Gasteiger partial charge in [-0.25, -0.2) is 9.18 Å². The first-order chi connectivity index (χ1) is 32.5. The van der Waals surface area contributed by atoms with Crippen molar-refractivity contribution in [2.24, 2.45) is 29.1 Å². The summed E-state index contributed by atoms with van der Waals surface area (Å²) in [7, 11) is 6.17. The summed E-state index contributed by atoms with van der Waals surface area (Å²) in [6.45, 7) is 13.6. The Morgan fingerprint density at radius 2 is 1.51 bits per heavy atom. The molecule has 4 rings (SSSR count). The van der Waals surface area contributed by atoms with E-state index in [1.807, 2.05) is 41.5 Å². The van der Waals surface area contributed by atoms with Crippen LogP contribution in [0.3, 0.4) is 0 Å². The molecule has 1 saturated heterocycles. The predicted molar refractivity (Wildman–Crippen MR) is 255 cm³/mol. The minimum absolute atomic E-state index is 0.108. The number of aliphatic carboxylic acids is 1. The number of methoxy groups -OCH3 is 2. The minimum atomic E-state index is -1.41. The lowest BCUT2D eigenvalue weighted by molar-refractivity contribution is -0.149. The van der Waals surface area contributed by atoms with Crippen molar-refractivity contribution in [2.45, 2.75) is 155 Å². The van der Waals surface area contributed by atoms with Crippen molar-refractivity contribution in [3.8, 4) is 0 Å². The highest BCUT2D eigenvalue weighted by molar-refractivity contribution is 6.12. The summed E-state index contributed by atoms with van der Waals surface area (Å²) in [5.74, 6) is -6.29. The monoisotopic (exact) mass is 969 g/mol. The van der Waals surface area contributed by atoms with Gasteiger partial charge >= 0.3 is 5.97 Å². The van der Waals surface area contributed by atoms with Crippen LogP contribution in [0.2, 0.25) is 0 Å². The molecule has 4 unspecified atom stereocenters. The number of ether oxygens (including phenoxy) is 2. The van der Waals surface area contributed by atoms with Gasteiger partial charge in [-0.05, 0) is 66.9 Å². The predicted octanol–water partition coefficient (Wildman–Crippen LogP) is 4.36. The fourth-order valence-corrected chi connectivity index (χ4v) is 10.1. The van der Waals surface area contributed by atoms with Crippen LogP contribution in [-0.4, -0.2) is 156 Å². The number of amides is 7. The van der Waals surface area contributed by atoms with Crippen LogP contribution in [0.15, 0.2) is 36.4 Å². The molecule has 17 nitrogen and oxygen atoms in total. The second-order valence-electron chi connectivity index (χ2n) is 20.2. The molecule has 9 atom stereocenters. The molecule has 2 fully saturated rings. The van der Waals surface area contributed by atoms with Gasteiger partial charge in [0.25, 0.3) is 11.8 Å². The SMILES string of the molecule is CC[C@H](C)C([C@@H](CC(=O)N1CC2(CC2)C[C@H]1C(OC)C(C)C(=O)N[C@@H](Cc1ccccc1F)C(=O)O)OC)N(C)C(=O)[C@@H](NC(=O)C(C(C)C)N(C)C(=O)CCCCCN1C(=O)C=CC1=O)C(C)C. The molecule has 0 bridgehead atoms. The van der Waals surface area contributed by atoms with Gasteiger partial charge in [0.2, 0.25) is 29.5 Å². The fraction of sp³-hybridized carbons (Fsp3) is 0.686. The van der Waals surface area contributed by atoms with Crippen LogP contribution in [0.1, 0.15) is 112 Å². The smallest absolute Gasteiger partial charge is 0.326 e. The zero-order valence-electron chi connectivity index (χ0n) is 42.5. The van der Waals surface area contributed by atoms with Gasteiger partial charge in [-0.1, -0.05) is 79.5 Å². The molecule has 1 aromatic rings. The first-order valence-electron chi connectivity index (χ1n) is 24.5. The number of hydrogen-bond acceptors (Lipinski definition) is 10. The molecule has 1 spiro atoms. The number of rotatable bonds is 27. The van der Waals surface area contributed by atoms with Gasteiger partial charge < -0.3 is 39.9 Å². The molecule has 1 aliphatic carbocycles. The van der Waals surface area contributed by atoms with Crippen molar-refractivity contribution in [2.75, 3.05) is 41.4 Å². The molecule has 1 saturated carbocycles. The van der Waals surface area contributed by atoms with Gasteiger partial charge in [0.15, 0.2) is 0 Å². The van der Waals surface area contributed by atoms with Gasteiger partial charge in [0.05, 0.1) is 36.6 Å². The Morgan fingerprint density at radius 1 is 0.870 bits per heavy atom. The Labute approximate surface area is 407 Å². The maximum Gasteiger partial charge on any atom is 0.326 e. The van der Waals surface area contributed by atoms with E-state index in [9.17, 15) is 47.9 Å². The van der Waals surface area contributed by atoms with Crippen LogP contribution >= 0.6 is 0 Å². The lowest BCUT2D eigenvalue weighted by Gasteiger charge is -2.41. The summed E-state index contributed by atoms with van der Waals surface area (Å²) in [6, 6.07) is 1.36. The quantitative estimate of drug-likeness (QED) is 0.0833. The molecule has 69 heavy (non-hydrogen) atoms. The molecule has 3 aliphatic rings. The topological polar surface area (TPSA) is 212 Å². The van der Waals surface area contributed by atoms with Crippen molar-refractivity contribution in [3.63, 3.8) is 0 Å². The summed E-state index contributed by atoms with van der Waals surface area (Å²) < 4.78 is 26.5. The fourth-order valence-electron chi connectivity index (χ4n) is 10.1. The van der Waals surface area contributed by atoms with Gasteiger partial charge in [0, 0.05) is 66.4 Å². The average molecular weight is 969 g/mol. The lowest BCUT2D eigenvalue weighted by Crippen LogP contribution is -2.60. The van der Waals surface area contributed by atoms with Crippen LogP contribution in [0, 0.1) is 34.9 Å². The number of halogens is 1. The lowest BCUT2D eigenvalue weighted by atomic mass is 9.89. The molecule has 7 amide bonds. The number of imide groups is 1. The summed E-state index contributed by atoms with van der Waals surface area (Å²) in [6.07, 6.45) is 5.29. The molecule has 2 heterocycles. The highest BCUT2D eigenvalue weighted by Gasteiger charge is 2.56. The number of nitrogens with one attached hydrogen (secondary N) is 2. The van der Waals surface area contributed by atoms with E-state index >= 15 is 0 Å². The molecule has 1 aromatic carbocycles. The molecule has 384 valence electrons. The van der Waals surface area contributed by atoms with Gasteiger partial charge in [-0.15, -0.1) is 0 Å². The Hall–Kier alpha value is -5.23. The average Bonchev–Trinajstić information content (AvgIpc) is 3.85. The van der Waals surface area contributed by atoms with Crippen LogP contribution in [0.5, 0.6) is 0 Å². The number of hydrogen-bond donors (Lipinski definition) is 3. The van der Waals surface area contributed by atoms with Gasteiger partial charge in [-0.2, -0.15) is 0 Å². The van der Waals surface area contributed by atoms with Crippen molar-refractivity contribution in [1.29, 1.82) is 0 Å². The Balaban J connectivity index is 1.46. The normalized spacial score (nSPS) is 19.8. The van der Waals surface area contributed by atoms with Crippen LogP contribution in [0.4, 0.5) is 4.39 Å². The summed E-state index contributed by atoms with van der Waals surface area (Å²) in [4.78, 5) is 112. The maximum absolute atomic E-state index is 14.6. The number of carboxylic acids is 1. The Morgan fingerprint density at radius 3 is 2.04 bits per heavy atom. The van der Waals surface area contributed by atoms with Crippen molar-refractivity contribution >= 4 is 47.3 Å². The summed E-state index contributed by atoms with van der Waals surface area (Å²) in [5.41, 5.74) is 0.00741. The third-order valence-electron chi connectivity index (χ3n) is 14.6. The second-order valence-corrected chi connectivity index (χ2v) is 20.2. The van der Waals surface area contributed by atoms with Crippen LogP contribution in [0.25, 0.3) is 0 Å². The van der Waals surface area contributed by atoms with Gasteiger partial charge in [-0.3, -0.25) is 38.5 Å². The zero-order chi connectivity index (χ0) is 51.5. The standard InChI is InChI=1S/C51H77FN6O11/c1-12-32(6)45(56(9)49(65)43(30(2)3)54-48(64)44(31(4)5)55(8)39(59)20-14-13-17-25-57-40(60)21-22-41(57)61)38(68-10)27-42(62)58-29-51(23-24-51)28-37(58)46(69-11)33(7)47(63)53-36(50(66)67)26-34-18-15-16-19-35(34)52/h15-16,18-19,21-22,30-33,36-38,43-46H,12-14,17,20,23-29H2,1-11H3,(H,53,63)(H,54,64)(H,66,67)/t32-,33?,36-,37-,38+,43-,44?,45?,46?/m0/s1. The summed E-state index contributed by atoms with van der Waals surface area (Å²) >= 11 is 0. The zero-order valence-corrected chi connectivity index (χ0v) is 42.5. The molecular weight excluding hydrogens is 892 g/mol. The van der Waals surface area contributed by atoms with Gasteiger partial charge in [0.1, 0.15) is 23.9 Å². The van der Waals surface area contributed by atoms with E-state index in [1.165, 1.54) is 49.5 Å². The highest BCUT2D eigenvalue weighted by atomic mass is 19.1. The van der Waals surface area contributed by atoms with E-state index in [0.29, 0.717) is 38.6 Å². The maximum atomic E-state index is 14.6. The van der Waals surface area contributed by atoms with Crippen LogP contribution < -0.4 is 10.6 Å². The first kappa shape index (κ1) is 56.4. The van der Waals surface area contributed by atoms with E-state index in [0.717, 1.165) is 17.7 Å². The number of likely N-dealkylation sites (tertiary alicyclic amines) is 1. The molecular formula is C51H77FN6O11. The number of unbranched alkanes of at least 4 members (excludes halogenated alkanes) is 2. The highest BCUT2D eigenvalue weighted by Crippen LogP contribution is 2.56. The van der Waals surface area contributed by atoms with E-state index < -0.39 is 71.9 Å². The largest absolute Gasteiger partial charge is 0.480 e. The van der Waals surface area contributed by atoms with E-state index in [-0.39, 0.29) is 84.1 Å². The molecule has 2 aliphatic heterocycles. The second kappa shape index (κ2) is 25.1. The Kier molecular flexibility index (Phi) is 20.5. The number of carbonyl (C=O) groups excluding carboxylic acids is 7. The molecule has 3 N–H and O–H groups in total.